The Bertz CT molecular complexity index is 762. The standard InChI is InChI=1S/C31H52N3/c1-7-24(3)23-32-31-22-27(30(31)8-2)19-20-34(29-17-13-10-14-18-29)26(5)21-25(4)33(6)28-15-11-9-12-16-28/h7,21,23,27-31H,1,3,8-20,22H2,2,4-6H3/q+1. The van der Waals surface area contributed by atoms with Crippen LogP contribution in [0.15, 0.2) is 41.6 Å². The predicted octanol–water partition coefficient (Wildman–Crippen LogP) is 7.58. The molecule has 0 amide bonds. The van der Waals surface area contributed by atoms with Crippen LogP contribution in [0.5, 0.6) is 0 Å². The highest BCUT2D eigenvalue weighted by Crippen LogP contribution is 2.42. The molecule has 0 aromatic rings. The molecule has 3 atom stereocenters. The van der Waals surface area contributed by atoms with Crippen molar-refractivity contribution in [3.63, 3.8) is 0 Å². The molecular formula is C31H52N3+. The molecule has 3 unspecified atom stereocenters. The lowest BCUT2D eigenvalue weighted by molar-refractivity contribution is -0.541. The summed E-state index contributed by atoms with van der Waals surface area (Å²) >= 11 is 0. The van der Waals surface area contributed by atoms with Crippen LogP contribution in [0.2, 0.25) is 0 Å². The Balaban J connectivity index is 1.66. The van der Waals surface area contributed by atoms with Gasteiger partial charge >= 0.3 is 0 Å². The molecule has 0 aliphatic heterocycles. The van der Waals surface area contributed by atoms with Crippen molar-refractivity contribution in [2.75, 3.05) is 13.6 Å². The van der Waals surface area contributed by atoms with Crippen LogP contribution in [-0.4, -0.2) is 53.1 Å². The maximum absolute atomic E-state index is 4.83. The zero-order chi connectivity index (χ0) is 24.5. The molecule has 3 fully saturated rings. The van der Waals surface area contributed by atoms with E-state index in [1.165, 1.54) is 101 Å². The van der Waals surface area contributed by atoms with Gasteiger partial charge in [-0.15, -0.1) is 0 Å². The summed E-state index contributed by atoms with van der Waals surface area (Å²) < 4.78 is 2.57. The first kappa shape index (κ1) is 27.0. The van der Waals surface area contributed by atoms with Crippen LogP contribution in [-0.2, 0) is 0 Å². The third-order valence-corrected chi connectivity index (χ3v) is 9.12. The molecule has 0 bridgehead atoms. The molecule has 3 rings (SSSR count). The smallest absolute Gasteiger partial charge is 0.174 e. The second kappa shape index (κ2) is 13.4. The van der Waals surface area contributed by atoms with Crippen LogP contribution in [0.4, 0.5) is 0 Å². The van der Waals surface area contributed by atoms with Gasteiger partial charge in [0.1, 0.15) is 7.05 Å². The molecule has 3 aliphatic rings. The molecule has 0 radical (unpaired) electrons. The third kappa shape index (κ3) is 7.18. The third-order valence-electron chi connectivity index (χ3n) is 9.12. The Kier molecular flexibility index (Phi) is 10.7. The van der Waals surface area contributed by atoms with Crippen molar-refractivity contribution in [3.05, 3.63) is 36.6 Å². The molecule has 0 saturated heterocycles. The molecule has 34 heavy (non-hydrogen) atoms. The van der Waals surface area contributed by atoms with Gasteiger partial charge in [0, 0.05) is 50.3 Å². The first-order valence-corrected chi connectivity index (χ1v) is 14.3. The van der Waals surface area contributed by atoms with Crippen LogP contribution in [0.3, 0.4) is 0 Å². The number of nitrogens with zero attached hydrogens (tertiary/aromatic N) is 3. The van der Waals surface area contributed by atoms with Gasteiger partial charge in [0.05, 0.1) is 6.04 Å². The van der Waals surface area contributed by atoms with Gasteiger partial charge in [0.25, 0.3) is 0 Å². The van der Waals surface area contributed by atoms with E-state index in [0.29, 0.717) is 6.04 Å². The van der Waals surface area contributed by atoms with Crippen LogP contribution in [0, 0.1) is 11.8 Å². The van der Waals surface area contributed by atoms with Gasteiger partial charge in [0.15, 0.2) is 11.8 Å². The summed E-state index contributed by atoms with van der Waals surface area (Å²) in [4.78, 5) is 7.62. The van der Waals surface area contributed by atoms with Crippen LogP contribution in [0.25, 0.3) is 0 Å². The molecule has 0 spiro atoms. The Hall–Kier alpha value is -1.64. The second-order valence-electron chi connectivity index (χ2n) is 11.3. The number of rotatable bonds is 11. The van der Waals surface area contributed by atoms with Gasteiger partial charge in [-0.2, -0.15) is 0 Å². The summed E-state index contributed by atoms with van der Waals surface area (Å²) in [6.07, 6.45) is 23.8. The highest BCUT2D eigenvalue weighted by molar-refractivity contribution is 5.89. The number of aliphatic imine (C=N–C) groups is 1. The number of hydrogen-bond acceptors (Lipinski definition) is 2. The van der Waals surface area contributed by atoms with Gasteiger partial charge in [-0.05, 0) is 62.9 Å². The van der Waals surface area contributed by atoms with E-state index >= 15 is 0 Å². The van der Waals surface area contributed by atoms with Gasteiger partial charge < -0.3 is 4.90 Å². The van der Waals surface area contributed by atoms with Crippen molar-refractivity contribution in [3.8, 4) is 0 Å². The van der Waals surface area contributed by atoms with E-state index in [1.807, 2.05) is 6.21 Å². The summed E-state index contributed by atoms with van der Waals surface area (Å²) in [5, 5.41) is 0. The van der Waals surface area contributed by atoms with E-state index in [4.69, 9.17) is 4.99 Å². The normalized spacial score (nSPS) is 27.9. The minimum atomic E-state index is 0.478. The molecule has 3 nitrogen and oxygen atoms in total. The van der Waals surface area contributed by atoms with E-state index < -0.39 is 0 Å². The number of hydrogen-bond donors (Lipinski definition) is 0. The molecule has 3 heteroatoms. The molecular weight excluding hydrogens is 414 g/mol. The molecule has 3 saturated carbocycles. The zero-order valence-corrected chi connectivity index (χ0v) is 22.8. The van der Waals surface area contributed by atoms with Crippen LogP contribution >= 0.6 is 0 Å². The lowest BCUT2D eigenvalue weighted by Crippen LogP contribution is -2.43. The van der Waals surface area contributed by atoms with Crippen molar-refractivity contribution < 1.29 is 4.58 Å². The predicted molar refractivity (Wildman–Crippen MR) is 149 cm³/mol. The Labute approximate surface area is 210 Å². The maximum atomic E-state index is 4.83. The topological polar surface area (TPSA) is 18.6 Å². The molecule has 0 aromatic carbocycles. The fourth-order valence-corrected chi connectivity index (χ4v) is 6.72. The quantitative estimate of drug-likeness (QED) is 0.174. The summed E-state index contributed by atoms with van der Waals surface area (Å²) in [5.74, 6) is 1.52. The summed E-state index contributed by atoms with van der Waals surface area (Å²) in [6.45, 7) is 16.0. The highest BCUT2D eigenvalue weighted by Gasteiger charge is 2.39. The molecule has 190 valence electrons. The Morgan fingerprint density at radius 2 is 1.68 bits per heavy atom. The average Bonchev–Trinajstić information content (AvgIpc) is 2.85. The minimum Gasteiger partial charge on any atom is -0.372 e. The van der Waals surface area contributed by atoms with Crippen molar-refractivity contribution in [1.82, 2.24) is 4.90 Å². The zero-order valence-electron chi connectivity index (χ0n) is 22.8. The van der Waals surface area contributed by atoms with E-state index in [-0.39, 0.29) is 0 Å². The fraction of sp³-hybridized carbons (Fsp3) is 0.742. The molecule has 0 aromatic heterocycles. The van der Waals surface area contributed by atoms with E-state index in [2.05, 4.69) is 56.5 Å². The van der Waals surface area contributed by atoms with Crippen molar-refractivity contribution in [2.45, 2.75) is 122 Å². The second-order valence-corrected chi connectivity index (χ2v) is 11.3. The minimum absolute atomic E-state index is 0.478. The Morgan fingerprint density at radius 1 is 1.03 bits per heavy atom. The first-order chi connectivity index (χ1) is 16.4. The molecule has 0 heterocycles. The SMILES string of the molecule is C=CC(=C)C=NC1CC(CCN(/C(C)=C\C(C)=[N+](C)C2CCCCC2)C2CCCCC2)C1CC. The largest absolute Gasteiger partial charge is 0.372 e. The van der Waals surface area contributed by atoms with Gasteiger partial charge in [-0.25, -0.2) is 4.58 Å². The van der Waals surface area contributed by atoms with Gasteiger partial charge in [0.2, 0.25) is 0 Å². The lowest BCUT2D eigenvalue weighted by Gasteiger charge is -2.44. The summed E-state index contributed by atoms with van der Waals surface area (Å²) in [5.41, 5.74) is 3.85. The van der Waals surface area contributed by atoms with Crippen LogP contribution in [0.1, 0.15) is 104 Å². The summed E-state index contributed by atoms with van der Waals surface area (Å²) in [6, 6.07) is 1.93. The van der Waals surface area contributed by atoms with Crippen molar-refractivity contribution in [2.24, 2.45) is 16.8 Å². The lowest BCUT2D eigenvalue weighted by atomic mass is 9.66. The fourth-order valence-electron chi connectivity index (χ4n) is 6.72. The van der Waals surface area contributed by atoms with E-state index in [9.17, 15) is 0 Å². The molecule has 0 N–H and O–H groups in total. The van der Waals surface area contributed by atoms with E-state index in [0.717, 1.165) is 29.5 Å². The van der Waals surface area contributed by atoms with Crippen molar-refractivity contribution in [1.29, 1.82) is 0 Å². The van der Waals surface area contributed by atoms with Gasteiger partial charge in [-0.1, -0.05) is 58.3 Å². The van der Waals surface area contributed by atoms with Gasteiger partial charge in [-0.3, -0.25) is 4.99 Å². The van der Waals surface area contributed by atoms with E-state index in [1.54, 1.807) is 6.08 Å². The summed E-state index contributed by atoms with van der Waals surface area (Å²) in [7, 11) is 2.32. The number of allylic oxidation sites excluding steroid dienone is 4. The average molecular weight is 467 g/mol. The molecule has 3 aliphatic carbocycles. The van der Waals surface area contributed by atoms with Crippen LogP contribution < -0.4 is 0 Å². The first-order valence-electron chi connectivity index (χ1n) is 14.3. The van der Waals surface area contributed by atoms with Crippen molar-refractivity contribution >= 4 is 11.9 Å². The maximum Gasteiger partial charge on any atom is 0.174 e. The Morgan fingerprint density at radius 3 is 2.29 bits per heavy atom. The monoisotopic (exact) mass is 466 g/mol. The highest BCUT2D eigenvalue weighted by atomic mass is 15.2.